The molecule has 0 aliphatic heterocycles. The van der Waals surface area contributed by atoms with E-state index in [9.17, 15) is 8.42 Å². The van der Waals surface area contributed by atoms with E-state index in [2.05, 4.69) is 28.8 Å². The first-order chi connectivity index (χ1) is 7.87. The van der Waals surface area contributed by atoms with E-state index < -0.39 is 10.0 Å². The van der Waals surface area contributed by atoms with Gasteiger partial charge in [0, 0.05) is 6.54 Å². The third-order valence-corrected chi connectivity index (χ3v) is 5.08. The maximum Gasteiger partial charge on any atom is 0.245 e. The molecule has 1 aromatic rings. The summed E-state index contributed by atoms with van der Waals surface area (Å²) in [4.78, 5) is 0.0251. The van der Waals surface area contributed by atoms with Crippen LogP contribution in [0.3, 0.4) is 0 Å². The quantitative estimate of drug-likeness (QED) is 0.723. The monoisotopic (exact) mass is 258 g/mol. The minimum Gasteiger partial charge on any atom is -0.383 e. The zero-order valence-electron chi connectivity index (χ0n) is 10.0. The molecule has 2 rings (SSSR count). The second-order valence-electron chi connectivity index (χ2n) is 4.99. The van der Waals surface area contributed by atoms with E-state index in [-0.39, 0.29) is 16.1 Å². The first kappa shape index (κ1) is 12.4. The van der Waals surface area contributed by atoms with E-state index in [0.29, 0.717) is 12.5 Å². The highest BCUT2D eigenvalue weighted by atomic mass is 32.2. The number of hydrogen-bond donors (Lipinski definition) is 3. The van der Waals surface area contributed by atoms with Crippen LogP contribution < -0.4 is 10.5 Å². The van der Waals surface area contributed by atoms with E-state index in [1.54, 1.807) is 0 Å². The molecule has 1 saturated carbocycles. The molecule has 0 bridgehead atoms. The van der Waals surface area contributed by atoms with Crippen molar-refractivity contribution in [1.29, 1.82) is 0 Å². The average molecular weight is 258 g/mol. The van der Waals surface area contributed by atoms with Gasteiger partial charge in [0.1, 0.15) is 10.7 Å². The molecular formula is C10H18N4O2S. The molecule has 1 aliphatic carbocycles. The fourth-order valence-electron chi connectivity index (χ4n) is 1.93. The van der Waals surface area contributed by atoms with Crippen molar-refractivity contribution in [3.05, 3.63) is 6.20 Å². The summed E-state index contributed by atoms with van der Waals surface area (Å²) in [5, 5.41) is 6.03. The molecular weight excluding hydrogens is 240 g/mol. The molecule has 0 aromatic carbocycles. The van der Waals surface area contributed by atoms with E-state index in [4.69, 9.17) is 5.73 Å². The zero-order valence-corrected chi connectivity index (χ0v) is 10.8. The first-order valence-corrected chi connectivity index (χ1v) is 7.14. The molecule has 7 heteroatoms. The Bertz CT molecular complexity index is 502. The maximum absolute atomic E-state index is 12.0. The van der Waals surface area contributed by atoms with Gasteiger partial charge in [0.05, 0.1) is 6.20 Å². The molecule has 0 unspecified atom stereocenters. The standard InChI is InChI=1S/C10H18N4O2S/c1-7(2)10(3-4-10)6-13-17(15,16)8-5-12-14-9(8)11/h5,7,13H,3-4,6H2,1-2H3,(H3,11,12,14). The van der Waals surface area contributed by atoms with Crippen LogP contribution in [0.4, 0.5) is 5.82 Å². The van der Waals surface area contributed by atoms with Crippen molar-refractivity contribution >= 4 is 15.8 Å². The van der Waals surface area contributed by atoms with Crippen LogP contribution in [0.2, 0.25) is 0 Å². The Hall–Kier alpha value is -1.08. The fourth-order valence-corrected chi connectivity index (χ4v) is 3.09. The Kier molecular flexibility index (Phi) is 2.90. The van der Waals surface area contributed by atoms with Crippen molar-refractivity contribution in [2.75, 3.05) is 12.3 Å². The molecule has 1 aromatic heterocycles. The summed E-state index contributed by atoms with van der Waals surface area (Å²) in [5.41, 5.74) is 5.63. The average Bonchev–Trinajstić information content (AvgIpc) is 2.92. The molecule has 4 N–H and O–H groups in total. The van der Waals surface area contributed by atoms with E-state index in [1.807, 2.05) is 0 Å². The smallest absolute Gasteiger partial charge is 0.245 e. The first-order valence-electron chi connectivity index (χ1n) is 5.66. The Morgan fingerprint density at radius 1 is 1.59 bits per heavy atom. The second kappa shape index (κ2) is 3.99. The van der Waals surface area contributed by atoms with Gasteiger partial charge in [0.15, 0.2) is 0 Å². The summed E-state index contributed by atoms with van der Waals surface area (Å²) >= 11 is 0. The third kappa shape index (κ3) is 2.30. The Morgan fingerprint density at radius 3 is 2.65 bits per heavy atom. The lowest BCUT2D eigenvalue weighted by Gasteiger charge is -2.19. The van der Waals surface area contributed by atoms with Crippen molar-refractivity contribution in [2.45, 2.75) is 31.6 Å². The number of nitrogen functional groups attached to an aromatic ring is 1. The molecule has 0 radical (unpaired) electrons. The normalized spacial score (nSPS) is 18.5. The van der Waals surface area contributed by atoms with Crippen molar-refractivity contribution in [1.82, 2.24) is 14.9 Å². The highest BCUT2D eigenvalue weighted by Crippen LogP contribution is 2.51. The number of aromatic nitrogens is 2. The van der Waals surface area contributed by atoms with E-state index >= 15 is 0 Å². The summed E-state index contributed by atoms with van der Waals surface area (Å²) in [6.45, 7) is 4.71. The van der Waals surface area contributed by atoms with Gasteiger partial charge in [-0.3, -0.25) is 5.10 Å². The molecule has 0 amide bonds. The molecule has 0 spiro atoms. The maximum atomic E-state index is 12.0. The van der Waals surface area contributed by atoms with Crippen LogP contribution in [0.5, 0.6) is 0 Å². The minimum absolute atomic E-state index is 0.0251. The summed E-state index contributed by atoms with van der Waals surface area (Å²) in [6, 6.07) is 0. The lowest BCUT2D eigenvalue weighted by atomic mass is 9.93. The Labute approximate surface area is 101 Å². The predicted octanol–water partition coefficient (Wildman–Crippen LogP) is 0.706. The number of nitrogens with zero attached hydrogens (tertiary/aromatic N) is 1. The number of hydrogen-bond acceptors (Lipinski definition) is 4. The molecule has 1 heterocycles. The molecule has 96 valence electrons. The Morgan fingerprint density at radius 2 is 2.24 bits per heavy atom. The van der Waals surface area contributed by atoms with Crippen molar-refractivity contribution in [3.63, 3.8) is 0 Å². The minimum atomic E-state index is -3.54. The van der Waals surface area contributed by atoms with Crippen LogP contribution in [0, 0.1) is 11.3 Å². The SMILES string of the molecule is CC(C)C1(CNS(=O)(=O)c2cn[nH]c2N)CC1. The van der Waals surface area contributed by atoms with Gasteiger partial charge < -0.3 is 5.73 Å². The number of nitrogens with one attached hydrogen (secondary N) is 2. The summed E-state index contributed by atoms with van der Waals surface area (Å²) in [7, 11) is -3.54. The lowest BCUT2D eigenvalue weighted by Crippen LogP contribution is -2.32. The van der Waals surface area contributed by atoms with Gasteiger partial charge in [-0.25, -0.2) is 13.1 Å². The van der Waals surface area contributed by atoms with Crippen LogP contribution in [0.1, 0.15) is 26.7 Å². The van der Waals surface area contributed by atoms with Crippen LogP contribution in [-0.4, -0.2) is 25.2 Å². The zero-order chi connectivity index (χ0) is 12.7. The van der Waals surface area contributed by atoms with Gasteiger partial charge in [-0.05, 0) is 24.2 Å². The molecule has 1 aliphatic rings. The number of nitrogens with two attached hydrogens (primary N) is 1. The van der Waals surface area contributed by atoms with Crippen LogP contribution >= 0.6 is 0 Å². The van der Waals surface area contributed by atoms with E-state index in [0.717, 1.165) is 12.8 Å². The van der Waals surface area contributed by atoms with Gasteiger partial charge >= 0.3 is 0 Å². The molecule has 1 fully saturated rings. The number of anilines is 1. The largest absolute Gasteiger partial charge is 0.383 e. The highest BCUT2D eigenvalue weighted by Gasteiger charge is 2.45. The summed E-state index contributed by atoms with van der Waals surface area (Å²) < 4.78 is 26.5. The molecule has 0 saturated heterocycles. The van der Waals surface area contributed by atoms with E-state index in [1.165, 1.54) is 6.20 Å². The highest BCUT2D eigenvalue weighted by molar-refractivity contribution is 7.89. The van der Waals surface area contributed by atoms with Gasteiger partial charge in [-0.1, -0.05) is 13.8 Å². The lowest BCUT2D eigenvalue weighted by molar-refractivity contribution is 0.357. The van der Waals surface area contributed by atoms with Gasteiger partial charge in [-0.15, -0.1) is 0 Å². The Balaban J connectivity index is 2.07. The third-order valence-electron chi connectivity index (χ3n) is 3.65. The predicted molar refractivity (Wildman–Crippen MR) is 64.7 cm³/mol. The van der Waals surface area contributed by atoms with Crippen LogP contribution in [0.25, 0.3) is 0 Å². The van der Waals surface area contributed by atoms with Gasteiger partial charge in [-0.2, -0.15) is 5.10 Å². The summed E-state index contributed by atoms with van der Waals surface area (Å²) in [5.74, 6) is 0.554. The van der Waals surface area contributed by atoms with Crippen molar-refractivity contribution in [3.8, 4) is 0 Å². The number of H-pyrrole nitrogens is 1. The number of aromatic amines is 1. The summed E-state index contributed by atoms with van der Waals surface area (Å²) in [6.07, 6.45) is 3.38. The molecule has 17 heavy (non-hydrogen) atoms. The number of sulfonamides is 1. The van der Waals surface area contributed by atoms with Crippen molar-refractivity contribution < 1.29 is 8.42 Å². The van der Waals surface area contributed by atoms with Gasteiger partial charge in [0.2, 0.25) is 10.0 Å². The number of rotatable bonds is 5. The van der Waals surface area contributed by atoms with Gasteiger partial charge in [0.25, 0.3) is 0 Å². The molecule has 0 atom stereocenters. The second-order valence-corrected chi connectivity index (χ2v) is 6.72. The van der Waals surface area contributed by atoms with Crippen LogP contribution in [0.15, 0.2) is 11.1 Å². The van der Waals surface area contributed by atoms with Crippen LogP contribution in [-0.2, 0) is 10.0 Å². The molecule has 6 nitrogen and oxygen atoms in total. The van der Waals surface area contributed by atoms with Crippen molar-refractivity contribution in [2.24, 2.45) is 11.3 Å². The topological polar surface area (TPSA) is 101 Å². The fraction of sp³-hybridized carbons (Fsp3) is 0.700.